The molecule has 1 aliphatic heterocycles. The number of rotatable bonds is 2. The number of nitrogens with one attached hydrogen (secondary N) is 2. The number of hydrogen-bond acceptors (Lipinski definition) is 2. The van der Waals surface area contributed by atoms with Crippen LogP contribution in [0.5, 0.6) is 0 Å². The molecule has 0 aromatic heterocycles. The van der Waals surface area contributed by atoms with Gasteiger partial charge in [-0.2, -0.15) is 0 Å². The highest BCUT2D eigenvalue weighted by Gasteiger charge is 2.24. The van der Waals surface area contributed by atoms with Crippen molar-refractivity contribution in [3.63, 3.8) is 0 Å². The van der Waals surface area contributed by atoms with Gasteiger partial charge in [0.05, 0.1) is 11.4 Å². The van der Waals surface area contributed by atoms with Crippen molar-refractivity contribution >= 4 is 17.3 Å². The molecule has 2 aromatic carbocycles. The van der Waals surface area contributed by atoms with Crippen molar-refractivity contribution in [3.8, 4) is 0 Å². The van der Waals surface area contributed by atoms with Crippen molar-refractivity contribution in [2.45, 2.75) is 19.4 Å². The van der Waals surface area contributed by atoms with E-state index in [1.807, 2.05) is 30.3 Å². The van der Waals surface area contributed by atoms with Crippen LogP contribution in [-0.4, -0.2) is 11.9 Å². The van der Waals surface area contributed by atoms with Crippen LogP contribution < -0.4 is 10.6 Å². The second-order valence-corrected chi connectivity index (χ2v) is 4.92. The maximum absolute atomic E-state index is 12.1. The summed E-state index contributed by atoms with van der Waals surface area (Å²) in [4.78, 5) is 12.1. The second kappa shape index (κ2) is 4.76. The Hall–Kier alpha value is -2.29. The maximum atomic E-state index is 12.1. The molecule has 0 aliphatic carbocycles. The normalized spacial score (nSPS) is 17.3. The molecule has 3 rings (SSSR count). The maximum Gasteiger partial charge on any atom is 0.247 e. The summed E-state index contributed by atoms with van der Waals surface area (Å²) in [5, 5.41) is 6.25. The van der Waals surface area contributed by atoms with E-state index in [-0.39, 0.29) is 11.9 Å². The van der Waals surface area contributed by atoms with E-state index in [9.17, 15) is 4.79 Å². The summed E-state index contributed by atoms with van der Waals surface area (Å²) in [6, 6.07) is 15.8. The van der Waals surface area contributed by atoms with Crippen molar-refractivity contribution in [1.29, 1.82) is 0 Å². The monoisotopic (exact) mass is 252 g/mol. The number of anilines is 2. The standard InChI is InChI=1S/C16H16N2O/c1-11-5-4-6-12(9-11)10-15-16(19)18-14-8-3-2-7-13(14)17-15/h2-9,15,17H,10H2,1H3,(H,18,19)/t15-/m0/s1. The van der Waals surface area contributed by atoms with E-state index in [0.717, 1.165) is 11.4 Å². The second-order valence-electron chi connectivity index (χ2n) is 4.92. The Morgan fingerprint density at radius 2 is 1.84 bits per heavy atom. The van der Waals surface area contributed by atoms with Crippen LogP contribution in [-0.2, 0) is 11.2 Å². The third kappa shape index (κ3) is 2.45. The fourth-order valence-corrected chi connectivity index (χ4v) is 2.41. The third-order valence-corrected chi connectivity index (χ3v) is 3.35. The van der Waals surface area contributed by atoms with E-state index >= 15 is 0 Å². The summed E-state index contributed by atoms with van der Waals surface area (Å²) in [7, 11) is 0. The van der Waals surface area contributed by atoms with Crippen LogP contribution in [0.3, 0.4) is 0 Å². The first kappa shape index (κ1) is 11.8. The molecule has 0 saturated carbocycles. The minimum atomic E-state index is -0.211. The van der Waals surface area contributed by atoms with Gasteiger partial charge in [0.1, 0.15) is 6.04 Å². The van der Waals surface area contributed by atoms with Crippen molar-refractivity contribution < 1.29 is 4.79 Å². The summed E-state index contributed by atoms with van der Waals surface area (Å²) < 4.78 is 0. The average molecular weight is 252 g/mol. The van der Waals surface area contributed by atoms with Crippen LogP contribution in [0.2, 0.25) is 0 Å². The number of para-hydroxylation sites is 2. The predicted octanol–water partition coefficient (Wildman–Crippen LogP) is 2.97. The number of benzene rings is 2. The zero-order valence-electron chi connectivity index (χ0n) is 10.8. The SMILES string of the molecule is Cc1cccc(C[C@@H]2Nc3ccccc3NC2=O)c1. The van der Waals surface area contributed by atoms with Crippen molar-refractivity contribution in [2.75, 3.05) is 10.6 Å². The van der Waals surface area contributed by atoms with Gasteiger partial charge >= 0.3 is 0 Å². The summed E-state index contributed by atoms with van der Waals surface area (Å²) in [5.41, 5.74) is 4.23. The van der Waals surface area contributed by atoms with Crippen molar-refractivity contribution in [2.24, 2.45) is 0 Å². The van der Waals surface area contributed by atoms with E-state index < -0.39 is 0 Å². The first-order valence-corrected chi connectivity index (χ1v) is 6.44. The number of fused-ring (bicyclic) bond motifs is 1. The Morgan fingerprint density at radius 1 is 1.05 bits per heavy atom. The lowest BCUT2D eigenvalue weighted by atomic mass is 10.0. The number of carbonyl (C=O) groups excluding carboxylic acids is 1. The van der Waals surface area contributed by atoms with E-state index in [1.54, 1.807) is 0 Å². The summed E-state index contributed by atoms with van der Waals surface area (Å²) in [6.45, 7) is 2.06. The van der Waals surface area contributed by atoms with Crippen LogP contribution in [0.15, 0.2) is 48.5 Å². The Kier molecular flexibility index (Phi) is 2.95. The molecule has 0 fully saturated rings. The summed E-state index contributed by atoms with van der Waals surface area (Å²) in [5.74, 6) is 0.0280. The molecular weight excluding hydrogens is 236 g/mol. The number of hydrogen-bond donors (Lipinski definition) is 2. The van der Waals surface area contributed by atoms with Crippen LogP contribution in [0.4, 0.5) is 11.4 Å². The first-order valence-electron chi connectivity index (χ1n) is 6.44. The third-order valence-electron chi connectivity index (χ3n) is 3.35. The Morgan fingerprint density at radius 3 is 2.63 bits per heavy atom. The van der Waals surface area contributed by atoms with E-state index in [2.05, 4.69) is 35.8 Å². The van der Waals surface area contributed by atoms with Gasteiger partial charge in [-0.3, -0.25) is 4.79 Å². The zero-order chi connectivity index (χ0) is 13.2. The van der Waals surface area contributed by atoms with Crippen LogP contribution in [0, 0.1) is 6.92 Å². The van der Waals surface area contributed by atoms with Gasteiger partial charge in [0.25, 0.3) is 0 Å². The number of amides is 1. The van der Waals surface area contributed by atoms with Crippen LogP contribution in [0.25, 0.3) is 0 Å². The molecule has 1 aliphatic rings. The molecule has 1 amide bonds. The fraction of sp³-hybridized carbons (Fsp3) is 0.188. The number of aryl methyl sites for hydroxylation is 1. The molecular formula is C16H16N2O. The highest BCUT2D eigenvalue weighted by molar-refractivity contribution is 6.03. The largest absolute Gasteiger partial charge is 0.372 e. The smallest absolute Gasteiger partial charge is 0.247 e. The van der Waals surface area contributed by atoms with E-state index in [0.29, 0.717) is 6.42 Å². The lowest BCUT2D eigenvalue weighted by Gasteiger charge is -2.26. The highest BCUT2D eigenvalue weighted by Crippen LogP contribution is 2.26. The van der Waals surface area contributed by atoms with E-state index in [1.165, 1.54) is 11.1 Å². The van der Waals surface area contributed by atoms with Gasteiger partial charge in [-0.1, -0.05) is 42.0 Å². The molecule has 0 spiro atoms. The molecule has 3 heteroatoms. The van der Waals surface area contributed by atoms with Gasteiger partial charge in [-0.05, 0) is 24.6 Å². The molecule has 19 heavy (non-hydrogen) atoms. The molecule has 0 bridgehead atoms. The molecule has 0 unspecified atom stereocenters. The molecule has 0 radical (unpaired) electrons. The quantitative estimate of drug-likeness (QED) is 0.862. The van der Waals surface area contributed by atoms with Gasteiger partial charge < -0.3 is 10.6 Å². The van der Waals surface area contributed by atoms with E-state index in [4.69, 9.17) is 0 Å². The average Bonchev–Trinajstić information content (AvgIpc) is 2.40. The number of carbonyl (C=O) groups is 1. The minimum absolute atomic E-state index is 0.0280. The highest BCUT2D eigenvalue weighted by atomic mass is 16.2. The van der Waals surface area contributed by atoms with Gasteiger partial charge in [0.15, 0.2) is 0 Å². The Labute approximate surface area is 112 Å². The predicted molar refractivity (Wildman–Crippen MR) is 77.4 cm³/mol. The lowest BCUT2D eigenvalue weighted by molar-refractivity contribution is -0.117. The van der Waals surface area contributed by atoms with Gasteiger partial charge in [-0.25, -0.2) is 0 Å². The Bertz CT molecular complexity index is 622. The first-order chi connectivity index (χ1) is 9.22. The van der Waals surface area contributed by atoms with Gasteiger partial charge in [0, 0.05) is 6.42 Å². The zero-order valence-corrected chi connectivity index (χ0v) is 10.8. The summed E-state index contributed by atoms with van der Waals surface area (Å²) >= 11 is 0. The molecule has 2 aromatic rings. The van der Waals surface area contributed by atoms with Crippen LogP contribution >= 0.6 is 0 Å². The molecule has 96 valence electrons. The topological polar surface area (TPSA) is 41.1 Å². The summed E-state index contributed by atoms with van der Waals surface area (Å²) in [6.07, 6.45) is 0.696. The molecule has 2 N–H and O–H groups in total. The minimum Gasteiger partial charge on any atom is -0.372 e. The van der Waals surface area contributed by atoms with Gasteiger partial charge in [0.2, 0.25) is 5.91 Å². The fourth-order valence-electron chi connectivity index (χ4n) is 2.41. The van der Waals surface area contributed by atoms with Crippen molar-refractivity contribution in [1.82, 2.24) is 0 Å². The molecule has 0 saturated heterocycles. The van der Waals surface area contributed by atoms with Crippen LogP contribution in [0.1, 0.15) is 11.1 Å². The van der Waals surface area contributed by atoms with Crippen molar-refractivity contribution in [3.05, 3.63) is 59.7 Å². The Balaban J connectivity index is 1.81. The molecule has 1 atom stereocenters. The molecule has 1 heterocycles. The lowest BCUT2D eigenvalue weighted by Crippen LogP contribution is -2.40. The van der Waals surface area contributed by atoms with Gasteiger partial charge in [-0.15, -0.1) is 0 Å². The molecule has 3 nitrogen and oxygen atoms in total.